The molecule has 0 bridgehead atoms. The van der Waals surface area contributed by atoms with Crippen molar-refractivity contribution in [3.63, 3.8) is 0 Å². The average Bonchev–Trinajstić information content (AvgIpc) is 3.01. The molecule has 0 saturated carbocycles. The van der Waals surface area contributed by atoms with Gasteiger partial charge in [0.1, 0.15) is 22.2 Å². The second-order valence-electron chi connectivity index (χ2n) is 6.90. The minimum Gasteiger partial charge on any atom is -0.447 e. The van der Waals surface area contributed by atoms with Gasteiger partial charge >= 0.3 is 0 Å². The highest BCUT2D eigenvalue weighted by atomic mass is 79.9. The molecule has 1 aromatic carbocycles. The van der Waals surface area contributed by atoms with Gasteiger partial charge in [0.15, 0.2) is 6.39 Å². The molecule has 0 atom stereocenters. The summed E-state index contributed by atoms with van der Waals surface area (Å²) < 4.78 is 6.31. The third kappa shape index (κ3) is 3.94. The fourth-order valence-electron chi connectivity index (χ4n) is 2.51. The molecule has 2 heterocycles. The first-order chi connectivity index (χ1) is 12.2. The van der Waals surface area contributed by atoms with Crippen molar-refractivity contribution in [1.82, 2.24) is 15.0 Å². The molecular formula is C19H18BrN3O3. The highest BCUT2D eigenvalue weighted by Crippen LogP contribution is 2.25. The van der Waals surface area contributed by atoms with Gasteiger partial charge in [-0.2, -0.15) is 0 Å². The molecule has 0 aliphatic carbocycles. The zero-order valence-electron chi connectivity index (χ0n) is 14.6. The molecule has 0 amide bonds. The molecule has 0 saturated heterocycles. The molecule has 0 radical (unpaired) electrons. The van der Waals surface area contributed by atoms with Crippen LogP contribution in [-0.2, 0) is 5.41 Å². The number of halogens is 1. The van der Waals surface area contributed by atoms with Crippen LogP contribution in [0.4, 0.5) is 0 Å². The molecule has 26 heavy (non-hydrogen) atoms. The maximum absolute atomic E-state index is 12.4. The van der Waals surface area contributed by atoms with Crippen molar-refractivity contribution in [3.8, 4) is 0 Å². The highest BCUT2D eigenvalue weighted by Gasteiger charge is 2.21. The van der Waals surface area contributed by atoms with Crippen LogP contribution in [0.2, 0.25) is 0 Å². The van der Waals surface area contributed by atoms with E-state index in [-0.39, 0.29) is 16.1 Å². The number of hydrogen-bond donors (Lipinski definition) is 2. The zero-order valence-corrected chi connectivity index (χ0v) is 16.2. The van der Waals surface area contributed by atoms with E-state index in [2.05, 4.69) is 30.9 Å². The van der Waals surface area contributed by atoms with E-state index in [9.17, 15) is 9.59 Å². The molecule has 3 rings (SSSR count). The zero-order chi connectivity index (χ0) is 18.9. The van der Waals surface area contributed by atoms with E-state index >= 15 is 0 Å². The normalized spacial score (nSPS) is 13.4. The van der Waals surface area contributed by atoms with E-state index < -0.39 is 11.1 Å². The molecule has 7 heteroatoms. The summed E-state index contributed by atoms with van der Waals surface area (Å²) in [6, 6.07) is 7.42. The number of aromatic amines is 2. The molecule has 0 fully saturated rings. The first-order valence-corrected chi connectivity index (χ1v) is 8.79. The van der Waals surface area contributed by atoms with E-state index in [0.717, 1.165) is 10.0 Å². The van der Waals surface area contributed by atoms with Crippen molar-refractivity contribution >= 4 is 28.1 Å². The van der Waals surface area contributed by atoms with Crippen LogP contribution in [0.3, 0.4) is 0 Å². The largest absolute Gasteiger partial charge is 0.447 e. The van der Waals surface area contributed by atoms with Gasteiger partial charge in [-0.1, -0.05) is 48.8 Å². The lowest BCUT2D eigenvalue weighted by molar-refractivity contribution is 0.407. The Hall–Kier alpha value is -2.67. The van der Waals surface area contributed by atoms with Gasteiger partial charge in [0.2, 0.25) is 0 Å². The maximum atomic E-state index is 12.4. The number of rotatable bonds is 2. The summed E-state index contributed by atoms with van der Waals surface area (Å²) in [5, 5.41) is 0.308. The number of oxazole rings is 1. The summed E-state index contributed by atoms with van der Waals surface area (Å²) in [7, 11) is 0. The number of aromatic nitrogens is 3. The van der Waals surface area contributed by atoms with Crippen molar-refractivity contribution in [1.29, 1.82) is 0 Å². The Morgan fingerprint density at radius 1 is 1.08 bits per heavy atom. The lowest BCUT2D eigenvalue weighted by Crippen LogP contribution is -2.46. The first kappa shape index (κ1) is 18.1. The van der Waals surface area contributed by atoms with E-state index in [0.29, 0.717) is 11.5 Å². The van der Waals surface area contributed by atoms with Gasteiger partial charge < -0.3 is 14.4 Å². The Morgan fingerprint density at radius 2 is 1.73 bits per heavy atom. The van der Waals surface area contributed by atoms with E-state index in [4.69, 9.17) is 4.42 Å². The van der Waals surface area contributed by atoms with Gasteiger partial charge in [0, 0.05) is 9.89 Å². The van der Waals surface area contributed by atoms with Crippen LogP contribution >= 0.6 is 15.9 Å². The van der Waals surface area contributed by atoms with Crippen LogP contribution in [0.25, 0.3) is 12.2 Å². The quantitative estimate of drug-likeness (QED) is 0.666. The topological polar surface area (TPSA) is 91.8 Å². The minimum atomic E-state index is -0.409. The Morgan fingerprint density at radius 3 is 2.35 bits per heavy atom. The number of nitrogens with one attached hydrogen (secondary N) is 2. The molecule has 3 aromatic rings. The highest BCUT2D eigenvalue weighted by molar-refractivity contribution is 9.10. The molecule has 6 nitrogen and oxygen atoms in total. The molecule has 0 unspecified atom stereocenters. The Kier molecular flexibility index (Phi) is 4.82. The second kappa shape index (κ2) is 6.92. The Balaban J connectivity index is 2.14. The molecule has 134 valence electrons. The number of hydrogen-bond acceptors (Lipinski definition) is 4. The molecule has 0 aliphatic heterocycles. The SMILES string of the molecule is CC(C)(C)c1ocnc1C=c1[nH]c(=O)c(=Cc2cccc(Br)c2)[nH]c1=O. The van der Waals surface area contributed by atoms with Gasteiger partial charge in [0.05, 0.1) is 0 Å². The Labute approximate surface area is 157 Å². The number of nitrogens with zero attached hydrogens (tertiary/aromatic N) is 1. The Bertz CT molecular complexity index is 1180. The third-order valence-electron chi connectivity index (χ3n) is 3.70. The van der Waals surface area contributed by atoms with E-state index in [1.807, 2.05) is 45.0 Å². The summed E-state index contributed by atoms with van der Waals surface area (Å²) in [4.78, 5) is 34.1. The van der Waals surface area contributed by atoms with Crippen molar-refractivity contribution in [2.75, 3.05) is 0 Å². The fraction of sp³-hybridized carbons (Fsp3) is 0.211. The number of H-pyrrole nitrogens is 2. The number of benzene rings is 1. The van der Waals surface area contributed by atoms with Gasteiger partial charge in [-0.25, -0.2) is 4.98 Å². The lowest BCUT2D eigenvalue weighted by Gasteiger charge is -2.14. The van der Waals surface area contributed by atoms with Crippen LogP contribution in [-0.4, -0.2) is 15.0 Å². The van der Waals surface area contributed by atoms with Crippen molar-refractivity contribution in [2.45, 2.75) is 26.2 Å². The average molecular weight is 416 g/mol. The molecule has 0 spiro atoms. The second-order valence-corrected chi connectivity index (χ2v) is 7.81. The van der Waals surface area contributed by atoms with E-state index in [1.165, 1.54) is 12.5 Å². The fourth-order valence-corrected chi connectivity index (χ4v) is 2.93. The van der Waals surface area contributed by atoms with Gasteiger partial charge in [0.25, 0.3) is 11.1 Å². The van der Waals surface area contributed by atoms with Gasteiger partial charge in [-0.15, -0.1) is 0 Å². The minimum absolute atomic E-state index is 0.126. The van der Waals surface area contributed by atoms with Gasteiger partial charge in [-0.05, 0) is 29.8 Å². The molecule has 2 N–H and O–H groups in total. The third-order valence-corrected chi connectivity index (χ3v) is 4.20. The van der Waals surface area contributed by atoms with Crippen LogP contribution in [0.15, 0.2) is 49.1 Å². The molecular weight excluding hydrogens is 398 g/mol. The van der Waals surface area contributed by atoms with Gasteiger partial charge in [-0.3, -0.25) is 9.59 Å². The standard InChI is InChI=1S/C19H18BrN3O3/c1-19(2,3)16-13(21-10-26-16)9-15-18(25)22-14(17(24)23-15)8-11-5-4-6-12(20)7-11/h4-10H,1-3H3,(H,22,25)(H,23,24). The van der Waals surface area contributed by atoms with Crippen molar-refractivity contribution in [3.05, 3.63) is 83.6 Å². The summed E-state index contributed by atoms with van der Waals surface area (Å²) in [6.07, 6.45) is 4.47. The summed E-state index contributed by atoms with van der Waals surface area (Å²) >= 11 is 3.38. The van der Waals surface area contributed by atoms with Crippen LogP contribution in [0.5, 0.6) is 0 Å². The summed E-state index contributed by atoms with van der Waals surface area (Å²) in [5.41, 5.74) is 0.237. The summed E-state index contributed by atoms with van der Waals surface area (Å²) in [5.74, 6) is 0.641. The van der Waals surface area contributed by atoms with Crippen molar-refractivity contribution in [2.24, 2.45) is 0 Å². The van der Waals surface area contributed by atoms with E-state index in [1.54, 1.807) is 6.08 Å². The molecule has 2 aromatic heterocycles. The monoisotopic (exact) mass is 415 g/mol. The smallest absolute Gasteiger partial charge is 0.272 e. The van der Waals surface area contributed by atoms with Crippen LogP contribution in [0.1, 0.15) is 37.8 Å². The molecule has 0 aliphatic rings. The first-order valence-electron chi connectivity index (χ1n) is 7.99. The predicted molar refractivity (Wildman–Crippen MR) is 103 cm³/mol. The van der Waals surface area contributed by atoms with Crippen LogP contribution in [0, 0.1) is 0 Å². The predicted octanol–water partition coefficient (Wildman–Crippen LogP) is 1.77. The van der Waals surface area contributed by atoms with Crippen LogP contribution < -0.4 is 21.8 Å². The van der Waals surface area contributed by atoms with Crippen molar-refractivity contribution < 1.29 is 4.42 Å². The maximum Gasteiger partial charge on any atom is 0.272 e. The lowest BCUT2D eigenvalue weighted by atomic mass is 9.92. The summed E-state index contributed by atoms with van der Waals surface area (Å²) in [6.45, 7) is 5.94.